The predicted octanol–water partition coefficient (Wildman–Crippen LogP) is 2.73. The van der Waals surface area contributed by atoms with Gasteiger partial charge in [-0.3, -0.25) is 9.69 Å². The normalized spacial score (nSPS) is 17.1. The van der Waals surface area contributed by atoms with Crippen LogP contribution in [0.25, 0.3) is 0 Å². The first-order valence-corrected chi connectivity index (χ1v) is 6.96. The van der Waals surface area contributed by atoms with Crippen LogP contribution in [0.4, 0.5) is 0 Å². The highest BCUT2D eigenvalue weighted by Crippen LogP contribution is 2.25. The molecule has 1 aromatic carbocycles. The molecular weight excluding hydrogens is 238 g/mol. The summed E-state index contributed by atoms with van der Waals surface area (Å²) in [6.07, 6.45) is 1.01. The van der Waals surface area contributed by atoms with Crippen LogP contribution >= 0.6 is 0 Å². The standard InChI is InChI=1S/C16H23NO2/c1-11(2)14-6-5-13-7-8-17(10-15(13)9-14)12(3)16(18)19-4/h5-6,9,11-12H,7-8,10H2,1-4H3. The highest BCUT2D eigenvalue weighted by molar-refractivity contribution is 5.75. The van der Waals surface area contributed by atoms with Gasteiger partial charge in [0, 0.05) is 13.1 Å². The van der Waals surface area contributed by atoms with E-state index < -0.39 is 0 Å². The Kier molecular flexibility index (Phi) is 4.25. The molecule has 3 nitrogen and oxygen atoms in total. The van der Waals surface area contributed by atoms with E-state index in [1.165, 1.54) is 23.8 Å². The summed E-state index contributed by atoms with van der Waals surface area (Å²) in [5, 5.41) is 0. The number of hydrogen-bond donors (Lipinski definition) is 0. The molecule has 0 N–H and O–H groups in total. The van der Waals surface area contributed by atoms with Gasteiger partial charge in [-0.1, -0.05) is 32.0 Å². The molecule has 0 bridgehead atoms. The van der Waals surface area contributed by atoms with Crippen molar-refractivity contribution in [1.82, 2.24) is 4.90 Å². The first-order chi connectivity index (χ1) is 9.02. The molecule has 2 rings (SSSR count). The van der Waals surface area contributed by atoms with Gasteiger partial charge in [0.25, 0.3) is 0 Å². The number of hydrogen-bond acceptors (Lipinski definition) is 3. The summed E-state index contributed by atoms with van der Waals surface area (Å²) in [7, 11) is 1.45. The van der Waals surface area contributed by atoms with Crippen molar-refractivity contribution in [3.8, 4) is 0 Å². The summed E-state index contributed by atoms with van der Waals surface area (Å²) >= 11 is 0. The summed E-state index contributed by atoms with van der Waals surface area (Å²) in [5.41, 5.74) is 4.14. The number of esters is 1. The molecule has 0 amide bonds. The Labute approximate surface area is 115 Å². The zero-order valence-electron chi connectivity index (χ0n) is 12.3. The van der Waals surface area contributed by atoms with Gasteiger partial charge in [0.1, 0.15) is 6.04 Å². The summed E-state index contributed by atoms with van der Waals surface area (Å²) in [4.78, 5) is 13.8. The van der Waals surface area contributed by atoms with E-state index in [0.29, 0.717) is 5.92 Å². The van der Waals surface area contributed by atoms with Crippen LogP contribution in [0, 0.1) is 0 Å². The molecule has 1 aromatic rings. The summed E-state index contributed by atoms with van der Waals surface area (Å²) in [6, 6.07) is 6.59. The van der Waals surface area contributed by atoms with Gasteiger partial charge >= 0.3 is 5.97 Å². The number of carbonyl (C=O) groups excluding carboxylic acids is 1. The van der Waals surface area contributed by atoms with E-state index in [-0.39, 0.29) is 12.0 Å². The molecule has 1 aliphatic heterocycles. The minimum atomic E-state index is -0.166. The number of nitrogens with zero attached hydrogens (tertiary/aromatic N) is 1. The molecule has 0 spiro atoms. The Bertz CT molecular complexity index is 468. The van der Waals surface area contributed by atoms with Crippen LogP contribution in [0.1, 0.15) is 43.4 Å². The van der Waals surface area contributed by atoms with Gasteiger partial charge < -0.3 is 4.74 Å². The van der Waals surface area contributed by atoms with Crippen LogP contribution in [0.3, 0.4) is 0 Å². The SMILES string of the molecule is COC(=O)C(C)N1CCc2ccc(C(C)C)cc2C1. The molecule has 0 saturated heterocycles. The molecule has 19 heavy (non-hydrogen) atoms. The monoisotopic (exact) mass is 261 g/mol. The van der Waals surface area contributed by atoms with E-state index in [4.69, 9.17) is 4.74 Å². The van der Waals surface area contributed by atoms with Gasteiger partial charge in [-0.05, 0) is 36.0 Å². The zero-order valence-corrected chi connectivity index (χ0v) is 12.3. The molecule has 3 heteroatoms. The summed E-state index contributed by atoms with van der Waals surface area (Å²) in [5.74, 6) is 0.391. The number of benzene rings is 1. The van der Waals surface area contributed by atoms with Crippen LogP contribution in [0.2, 0.25) is 0 Å². The minimum absolute atomic E-state index is 0.150. The topological polar surface area (TPSA) is 29.5 Å². The lowest BCUT2D eigenvalue weighted by molar-refractivity contribution is -0.146. The van der Waals surface area contributed by atoms with Crippen molar-refractivity contribution >= 4 is 5.97 Å². The van der Waals surface area contributed by atoms with Crippen molar-refractivity contribution in [2.24, 2.45) is 0 Å². The maximum atomic E-state index is 11.6. The fourth-order valence-electron chi connectivity index (χ4n) is 2.61. The Morgan fingerprint density at radius 1 is 1.26 bits per heavy atom. The lowest BCUT2D eigenvalue weighted by Crippen LogP contribution is -2.42. The molecular formula is C16H23NO2. The second-order valence-corrected chi connectivity index (χ2v) is 5.60. The second-order valence-electron chi connectivity index (χ2n) is 5.60. The lowest BCUT2D eigenvalue weighted by Gasteiger charge is -2.32. The van der Waals surface area contributed by atoms with E-state index in [2.05, 4.69) is 36.9 Å². The molecule has 1 heterocycles. The largest absolute Gasteiger partial charge is 0.468 e. The van der Waals surface area contributed by atoms with Gasteiger partial charge in [-0.2, -0.15) is 0 Å². The third kappa shape index (κ3) is 2.98. The average Bonchev–Trinajstić information content (AvgIpc) is 2.44. The fraction of sp³-hybridized carbons (Fsp3) is 0.562. The third-order valence-corrected chi connectivity index (χ3v) is 4.03. The molecule has 1 aliphatic rings. The number of methoxy groups -OCH3 is 1. The lowest BCUT2D eigenvalue weighted by atomic mass is 9.93. The molecule has 0 aliphatic carbocycles. The number of carbonyl (C=O) groups is 1. The van der Waals surface area contributed by atoms with Gasteiger partial charge in [-0.15, -0.1) is 0 Å². The number of rotatable bonds is 3. The fourth-order valence-corrected chi connectivity index (χ4v) is 2.61. The van der Waals surface area contributed by atoms with Crippen molar-refractivity contribution in [2.45, 2.75) is 45.7 Å². The van der Waals surface area contributed by atoms with Crippen LogP contribution in [0.5, 0.6) is 0 Å². The Hall–Kier alpha value is -1.35. The molecule has 1 atom stereocenters. The smallest absolute Gasteiger partial charge is 0.322 e. The van der Waals surface area contributed by atoms with Crippen molar-refractivity contribution in [3.63, 3.8) is 0 Å². The highest BCUT2D eigenvalue weighted by atomic mass is 16.5. The Morgan fingerprint density at radius 2 is 2.00 bits per heavy atom. The van der Waals surface area contributed by atoms with E-state index in [1.54, 1.807) is 0 Å². The summed E-state index contributed by atoms with van der Waals surface area (Å²) in [6.45, 7) is 8.10. The minimum Gasteiger partial charge on any atom is -0.468 e. The van der Waals surface area contributed by atoms with E-state index in [1.807, 2.05) is 6.92 Å². The van der Waals surface area contributed by atoms with Crippen molar-refractivity contribution < 1.29 is 9.53 Å². The zero-order chi connectivity index (χ0) is 14.0. The Morgan fingerprint density at radius 3 is 2.63 bits per heavy atom. The highest BCUT2D eigenvalue weighted by Gasteiger charge is 2.25. The predicted molar refractivity (Wildman–Crippen MR) is 76.1 cm³/mol. The molecule has 104 valence electrons. The maximum absolute atomic E-state index is 11.6. The van der Waals surface area contributed by atoms with E-state index in [0.717, 1.165) is 19.5 Å². The average molecular weight is 261 g/mol. The number of ether oxygens (including phenoxy) is 1. The van der Waals surface area contributed by atoms with Gasteiger partial charge in [0.05, 0.1) is 7.11 Å². The molecule has 0 saturated carbocycles. The van der Waals surface area contributed by atoms with E-state index in [9.17, 15) is 4.79 Å². The maximum Gasteiger partial charge on any atom is 0.322 e. The van der Waals surface area contributed by atoms with Crippen molar-refractivity contribution in [1.29, 1.82) is 0 Å². The first kappa shape index (κ1) is 14.1. The molecule has 0 aromatic heterocycles. The Balaban J connectivity index is 2.18. The molecule has 1 unspecified atom stereocenters. The van der Waals surface area contributed by atoms with Gasteiger partial charge in [0.15, 0.2) is 0 Å². The molecule has 0 radical (unpaired) electrons. The van der Waals surface area contributed by atoms with Gasteiger partial charge in [-0.25, -0.2) is 0 Å². The number of fused-ring (bicyclic) bond motifs is 1. The first-order valence-electron chi connectivity index (χ1n) is 6.96. The van der Waals surface area contributed by atoms with Crippen LogP contribution in [0.15, 0.2) is 18.2 Å². The van der Waals surface area contributed by atoms with Crippen LogP contribution in [-0.2, 0) is 22.5 Å². The van der Waals surface area contributed by atoms with Crippen LogP contribution in [-0.4, -0.2) is 30.6 Å². The van der Waals surface area contributed by atoms with Crippen LogP contribution < -0.4 is 0 Å². The van der Waals surface area contributed by atoms with E-state index >= 15 is 0 Å². The van der Waals surface area contributed by atoms with Crippen molar-refractivity contribution in [3.05, 3.63) is 34.9 Å². The molecule has 0 fully saturated rings. The quantitative estimate of drug-likeness (QED) is 0.784. The van der Waals surface area contributed by atoms with Crippen molar-refractivity contribution in [2.75, 3.05) is 13.7 Å². The second kappa shape index (κ2) is 5.74. The summed E-state index contributed by atoms with van der Waals surface area (Å²) < 4.78 is 4.83. The third-order valence-electron chi connectivity index (χ3n) is 4.03. The van der Waals surface area contributed by atoms with Gasteiger partial charge in [0.2, 0.25) is 0 Å².